The number of amides is 1. The predicted octanol–water partition coefficient (Wildman–Crippen LogP) is 6.44. The van der Waals surface area contributed by atoms with Crippen LogP contribution >= 0.6 is 11.8 Å². The van der Waals surface area contributed by atoms with Gasteiger partial charge in [0.1, 0.15) is 0 Å². The summed E-state index contributed by atoms with van der Waals surface area (Å²) in [5.41, 5.74) is 4.73. The summed E-state index contributed by atoms with van der Waals surface area (Å²) in [4.78, 5) is 23.1. The van der Waals surface area contributed by atoms with E-state index in [4.69, 9.17) is 9.73 Å². The monoisotopic (exact) mass is 477 g/mol. The minimum absolute atomic E-state index is 0.0119. The summed E-state index contributed by atoms with van der Waals surface area (Å²) in [5, 5.41) is 0.726. The van der Waals surface area contributed by atoms with Crippen molar-refractivity contribution in [2.75, 3.05) is 31.7 Å². The third-order valence-electron chi connectivity index (χ3n) is 6.62. The molecular formula is C28H35N3O2S. The molecule has 0 spiro atoms. The van der Waals surface area contributed by atoms with Gasteiger partial charge in [-0.15, -0.1) is 0 Å². The molecule has 1 saturated heterocycles. The highest BCUT2D eigenvalue weighted by atomic mass is 32.2. The number of hydrogen-bond acceptors (Lipinski definition) is 5. The van der Waals surface area contributed by atoms with Gasteiger partial charge >= 0.3 is 0 Å². The molecule has 1 atom stereocenters. The smallest absolute Gasteiger partial charge is 0.266 e. The second kappa shape index (κ2) is 10.4. The van der Waals surface area contributed by atoms with E-state index in [0.29, 0.717) is 24.0 Å². The molecule has 6 heteroatoms. The van der Waals surface area contributed by atoms with Gasteiger partial charge in [0.15, 0.2) is 5.17 Å². The van der Waals surface area contributed by atoms with Crippen LogP contribution in [0.1, 0.15) is 57.6 Å². The van der Waals surface area contributed by atoms with Gasteiger partial charge in [0.2, 0.25) is 0 Å². The zero-order valence-electron chi connectivity index (χ0n) is 20.9. The number of para-hydroxylation sites is 1. The van der Waals surface area contributed by atoms with E-state index in [1.54, 1.807) is 12.0 Å². The molecule has 4 rings (SSSR count). The van der Waals surface area contributed by atoms with Crippen LogP contribution in [0.5, 0.6) is 0 Å². The first kappa shape index (κ1) is 24.6. The van der Waals surface area contributed by atoms with Crippen LogP contribution in [0.4, 0.5) is 11.4 Å². The van der Waals surface area contributed by atoms with E-state index >= 15 is 0 Å². The molecule has 1 fully saturated rings. The van der Waals surface area contributed by atoms with Gasteiger partial charge in [0.25, 0.3) is 5.91 Å². The summed E-state index contributed by atoms with van der Waals surface area (Å²) in [6, 6.07) is 16.4. The van der Waals surface area contributed by atoms with Crippen molar-refractivity contribution in [3.8, 4) is 0 Å². The van der Waals surface area contributed by atoms with Crippen LogP contribution < -0.4 is 4.90 Å². The van der Waals surface area contributed by atoms with Gasteiger partial charge in [0, 0.05) is 38.0 Å². The topological polar surface area (TPSA) is 45.1 Å². The van der Waals surface area contributed by atoms with Crippen molar-refractivity contribution < 1.29 is 9.53 Å². The molecule has 0 N–H and O–H groups in total. The number of fused-ring (bicyclic) bond motifs is 1. The minimum Gasteiger partial charge on any atom is -0.385 e. The lowest BCUT2D eigenvalue weighted by Gasteiger charge is -2.47. The number of ether oxygens (including phenoxy) is 1. The second-order valence-corrected chi connectivity index (χ2v) is 10.6. The minimum atomic E-state index is 0.0119. The molecule has 1 amide bonds. The van der Waals surface area contributed by atoms with Crippen LogP contribution in [0.15, 0.2) is 58.4 Å². The molecule has 2 aromatic rings. The first-order valence-corrected chi connectivity index (χ1v) is 12.9. The number of carbonyl (C=O) groups is 1. The van der Waals surface area contributed by atoms with E-state index in [9.17, 15) is 4.79 Å². The molecule has 180 valence electrons. The van der Waals surface area contributed by atoms with Gasteiger partial charge in [-0.25, -0.2) is 4.99 Å². The van der Waals surface area contributed by atoms with Crippen LogP contribution in [0.3, 0.4) is 0 Å². The molecule has 0 saturated carbocycles. The van der Waals surface area contributed by atoms with E-state index in [0.717, 1.165) is 35.8 Å². The van der Waals surface area contributed by atoms with Crippen LogP contribution in [-0.2, 0) is 9.53 Å². The maximum Gasteiger partial charge on any atom is 0.266 e. The van der Waals surface area contributed by atoms with Crippen molar-refractivity contribution in [1.82, 2.24) is 4.90 Å². The number of methoxy groups -OCH3 is 1. The summed E-state index contributed by atoms with van der Waals surface area (Å²) in [6.45, 7) is 11.4. The fraction of sp³-hybridized carbons (Fsp3) is 0.429. The summed E-state index contributed by atoms with van der Waals surface area (Å²) in [7, 11) is 1.68. The summed E-state index contributed by atoms with van der Waals surface area (Å²) in [6.07, 6.45) is 3.90. The number of anilines is 1. The number of hydrogen-bond donors (Lipinski definition) is 0. The first-order valence-electron chi connectivity index (χ1n) is 12.1. The van der Waals surface area contributed by atoms with Crippen molar-refractivity contribution in [2.24, 2.45) is 4.99 Å². The summed E-state index contributed by atoms with van der Waals surface area (Å²) >= 11 is 1.45. The molecule has 2 heterocycles. The molecule has 0 aliphatic carbocycles. The van der Waals surface area contributed by atoms with Crippen molar-refractivity contribution >= 4 is 40.3 Å². The largest absolute Gasteiger partial charge is 0.385 e. The van der Waals surface area contributed by atoms with Gasteiger partial charge in [-0.3, -0.25) is 9.69 Å². The number of carbonyl (C=O) groups excluding carboxylic acids is 1. The Hall–Kier alpha value is -2.57. The van der Waals surface area contributed by atoms with Gasteiger partial charge in [-0.2, -0.15) is 0 Å². The van der Waals surface area contributed by atoms with Gasteiger partial charge in [0.05, 0.1) is 10.6 Å². The fourth-order valence-corrected chi connectivity index (χ4v) is 6.14. The normalized spacial score (nSPS) is 22.0. The van der Waals surface area contributed by atoms with Crippen molar-refractivity contribution in [3.05, 3.63) is 64.6 Å². The summed E-state index contributed by atoms with van der Waals surface area (Å²) in [5.74, 6) is 0.483. The SMILES string of the molecule is CCN1c2ccc(/C=C3\SC(=Nc4ccccc4)N(CCCOC)C3=O)cc2C(C)CC1(C)C. The Bertz CT molecular complexity index is 1090. The van der Waals surface area contributed by atoms with Crippen molar-refractivity contribution in [1.29, 1.82) is 0 Å². The highest BCUT2D eigenvalue weighted by Gasteiger charge is 2.36. The number of nitrogens with zero attached hydrogens (tertiary/aromatic N) is 3. The Morgan fingerprint density at radius 1 is 1.21 bits per heavy atom. The third-order valence-corrected chi connectivity index (χ3v) is 7.63. The van der Waals surface area contributed by atoms with E-state index < -0.39 is 0 Å². The highest BCUT2D eigenvalue weighted by Crippen LogP contribution is 2.44. The molecule has 0 bridgehead atoms. The Labute approximate surface area is 207 Å². The number of rotatable bonds is 7. The molecule has 2 aliphatic heterocycles. The van der Waals surface area contributed by atoms with Crippen LogP contribution in [0, 0.1) is 0 Å². The Morgan fingerprint density at radius 3 is 2.68 bits per heavy atom. The van der Waals surface area contributed by atoms with E-state index in [1.807, 2.05) is 36.4 Å². The maximum absolute atomic E-state index is 13.3. The standard InChI is InChI=1S/C28H35N3O2S/c1-6-31-24-14-13-21(17-23(24)20(2)19-28(31,3)4)18-25-26(32)30(15-10-16-33-5)27(34-25)29-22-11-8-7-9-12-22/h7-9,11-14,17-18,20H,6,10,15-16,19H2,1-5H3/b25-18-,29-27?. The van der Waals surface area contributed by atoms with Crippen LogP contribution in [0.2, 0.25) is 0 Å². The molecule has 2 aliphatic rings. The van der Waals surface area contributed by atoms with Gasteiger partial charge in [-0.05, 0) is 92.8 Å². The second-order valence-electron chi connectivity index (χ2n) is 9.62. The van der Waals surface area contributed by atoms with Crippen molar-refractivity contribution in [2.45, 2.75) is 52.0 Å². The van der Waals surface area contributed by atoms with Crippen LogP contribution in [-0.4, -0.2) is 48.3 Å². The molecule has 0 radical (unpaired) electrons. The fourth-order valence-electron chi connectivity index (χ4n) is 5.12. The molecule has 0 aromatic heterocycles. The van der Waals surface area contributed by atoms with Crippen LogP contribution in [0.25, 0.3) is 6.08 Å². The average Bonchev–Trinajstić information content (AvgIpc) is 3.09. The van der Waals surface area contributed by atoms with Gasteiger partial charge < -0.3 is 9.64 Å². The predicted molar refractivity (Wildman–Crippen MR) is 144 cm³/mol. The Morgan fingerprint density at radius 2 is 1.97 bits per heavy atom. The zero-order valence-corrected chi connectivity index (χ0v) is 21.7. The van der Waals surface area contributed by atoms with E-state index in [1.165, 1.54) is 23.0 Å². The lowest BCUT2D eigenvalue weighted by Crippen LogP contribution is -2.48. The summed E-state index contributed by atoms with van der Waals surface area (Å²) < 4.78 is 5.21. The lowest BCUT2D eigenvalue weighted by molar-refractivity contribution is -0.122. The molecule has 2 aromatic carbocycles. The van der Waals surface area contributed by atoms with Gasteiger partial charge in [-0.1, -0.05) is 31.2 Å². The molecule has 1 unspecified atom stereocenters. The third kappa shape index (κ3) is 5.08. The molecular weight excluding hydrogens is 442 g/mol. The number of amidine groups is 1. The number of thioether (sulfide) groups is 1. The zero-order chi connectivity index (χ0) is 24.3. The Balaban J connectivity index is 1.65. The Kier molecular flexibility index (Phi) is 7.48. The number of benzene rings is 2. The maximum atomic E-state index is 13.3. The first-order chi connectivity index (χ1) is 16.3. The highest BCUT2D eigenvalue weighted by molar-refractivity contribution is 8.18. The van der Waals surface area contributed by atoms with Crippen molar-refractivity contribution in [3.63, 3.8) is 0 Å². The van der Waals surface area contributed by atoms with E-state index in [2.05, 4.69) is 50.8 Å². The van der Waals surface area contributed by atoms with E-state index in [-0.39, 0.29) is 11.4 Å². The quantitative estimate of drug-likeness (QED) is 0.340. The lowest BCUT2D eigenvalue weighted by atomic mass is 9.79. The number of aliphatic imine (C=N–C) groups is 1. The molecule has 34 heavy (non-hydrogen) atoms. The molecule has 5 nitrogen and oxygen atoms in total. The average molecular weight is 478 g/mol.